The number of aryl methyl sites for hydroxylation is 2. The lowest BCUT2D eigenvalue weighted by Gasteiger charge is -2.17. The minimum atomic E-state index is -4.73. The average molecular weight is 538 g/mol. The number of anilines is 1. The zero-order valence-corrected chi connectivity index (χ0v) is 21.4. The van der Waals surface area contributed by atoms with E-state index in [0.29, 0.717) is 23.7 Å². The molecule has 0 saturated carbocycles. The number of aromatic nitrogens is 1. The fraction of sp³-hybridized carbons (Fsp3) is 0.333. The van der Waals surface area contributed by atoms with Crippen LogP contribution in [0.4, 0.5) is 23.2 Å². The van der Waals surface area contributed by atoms with Crippen molar-refractivity contribution in [3.63, 3.8) is 0 Å². The van der Waals surface area contributed by atoms with Crippen LogP contribution in [0.2, 0.25) is 5.02 Å². The molecular weight excluding hydrogens is 510 g/mol. The maximum atomic E-state index is 13.5. The van der Waals surface area contributed by atoms with Gasteiger partial charge in [-0.15, -0.1) is 0 Å². The lowest BCUT2D eigenvalue weighted by Crippen LogP contribution is -2.26. The van der Waals surface area contributed by atoms with Crippen molar-refractivity contribution in [1.82, 2.24) is 9.88 Å². The van der Waals surface area contributed by atoms with E-state index in [1.54, 1.807) is 19.2 Å². The van der Waals surface area contributed by atoms with Gasteiger partial charge < -0.3 is 15.2 Å². The largest absolute Gasteiger partial charge is 0.417 e. The van der Waals surface area contributed by atoms with Gasteiger partial charge in [-0.05, 0) is 73.3 Å². The number of hydrogen-bond donors (Lipinski definition) is 2. The number of carbonyl (C=O) groups is 1. The summed E-state index contributed by atoms with van der Waals surface area (Å²) in [6.45, 7) is 6.92. The van der Waals surface area contributed by atoms with E-state index in [9.17, 15) is 27.2 Å². The minimum Gasteiger partial charge on any atom is -0.322 e. The Balaban J connectivity index is 1.88. The maximum Gasteiger partial charge on any atom is 0.417 e. The molecule has 0 aliphatic heterocycles. The van der Waals surface area contributed by atoms with Gasteiger partial charge in [0.05, 0.1) is 10.6 Å². The third-order valence-electron chi connectivity index (χ3n) is 5.81. The third kappa shape index (κ3) is 7.66. The number of pyridine rings is 1. The van der Waals surface area contributed by atoms with Gasteiger partial charge in [-0.1, -0.05) is 31.5 Å². The number of amides is 1. The van der Waals surface area contributed by atoms with Crippen LogP contribution in [-0.2, 0) is 19.1 Å². The highest BCUT2D eigenvalue weighted by atomic mass is 35.5. The van der Waals surface area contributed by atoms with Gasteiger partial charge in [-0.3, -0.25) is 9.59 Å². The van der Waals surface area contributed by atoms with Crippen molar-refractivity contribution in [3.8, 4) is 0 Å². The highest BCUT2D eigenvalue weighted by Crippen LogP contribution is 2.37. The fourth-order valence-electron chi connectivity index (χ4n) is 3.86. The predicted octanol–water partition coefficient (Wildman–Crippen LogP) is 6.20. The van der Waals surface area contributed by atoms with Crippen molar-refractivity contribution in [2.45, 2.75) is 52.4 Å². The number of alkyl halides is 3. The van der Waals surface area contributed by atoms with Crippen LogP contribution in [0.25, 0.3) is 0 Å². The second-order valence-electron chi connectivity index (χ2n) is 9.10. The number of nitrogens with zero attached hydrogens (tertiary/aromatic N) is 1. The van der Waals surface area contributed by atoms with Crippen LogP contribution in [0.5, 0.6) is 0 Å². The van der Waals surface area contributed by atoms with Crippen LogP contribution in [0.15, 0.2) is 53.5 Å². The highest BCUT2D eigenvalue weighted by molar-refractivity contribution is 6.32. The summed E-state index contributed by atoms with van der Waals surface area (Å²) >= 11 is 5.91. The Kier molecular flexibility index (Phi) is 9.15. The second kappa shape index (κ2) is 11.9. The van der Waals surface area contributed by atoms with Gasteiger partial charge in [-0.2, -0.15) is 13.2 Å². The number of hydrogen-bond acceptors (Lipinski definition) is 3. The number of nitrogens with one attached hydrogen (secondary N) is 2. The molecule has 0 spiro atoms. The molecule has 10 heteroatoms. The van der Waals surface area contributed by atoms with E-state index in [2.05, 4.69) is 10.6 Å². The number of benzene rings is 2. The van der Waals surface area contributed by atoms with Gasteiger partial charge in [0.25, 0.3) is 11.5 Å². The molecule has 5 nitrogen and oxygen atoms in total. The molecule has 2 N–H and O–H groups in total. The molecule has 37 heavy (non-hydrogen) atoms. The van der Waals surface area contributed by atoms with Crippen molar-refractivity contribution < 1.29 is 22.4 Å². The third-order valence-corrected chi connectivity index (χ3v) is 6.12. The van der Waals surface area contributed by atoms with E-state index in [4.69, 9.17) is 11.6 Å². The molecule has 0 radical (unpaired) electrons. The van der Waals surface area contributed by atoms with Gasteiger partial charge in [-0.25, -0.2) is 4.39 Å². The molecule has 3 aromatic rings. The van der Waals surface area contributed by atoms with E-state index in [1.165, 1.54) is 28.8 Å². The van der Waals surface area contributed by atoms with Crippen LogP contribution in [0.1, 0.15) is 52.9 Å². The van der Waals surface area contributed by atoms with Gasteiger partial charge in [0.1, 0.15) is 5.82 Å². The molecule has 0 atom stereocenters. The van der Waals surface area contributed by atoms with Crippen molar-refractivity contribution in [1.29, 1.82) is 0 Å². The van der Waals surface area contributed by atoms with E-state index in [0.717, 1.165) is 25.1 Å². The summed E-state index contributed by atoms with van der Waals surface area (Å²) in [6, 6.07) is 8.88. The minimum absolute atomic E-state index is 0.0544. The molecule has 2 aromatic carbocycles. The van der Waals surface area contributed by atoms with Gasteiger partial charge >= 0.3 is 6.18 Å². The van der Waals surface area contributed by atoms with Gasteiger partial charge in [0.2, 0.25) is 0 Å². The van der Waals surface area contributed by atoms with Gasteiger partial charge in [0.15, 0.2) is 0 Å². The number of carbonyl (C=O) groups excluding carboxylic acids is 1. The van der Waals surface area contributed by atoms with Crippen LogP contribution in [0.3, 0.4) is 0 Å². The highest BCUT2D eigenvalue weighted by Gasteiger charge is 2.34. The Hall–Kier alpha value is -3.17. The van der Waals surface area contributed by atoms with Crippen molar-refractivity contribution in [2.24, 2.45) is 0 Å². The second-order valence-corrected chi connectivity index (χ2v) is 9.51. The topological polar surface area (TPSA) is 63.1 Å². The number of halogens is 5. The zero-order chi connectivity index (χ0) is 27.3. The van der Waals surface area contributed by atoms with E-state index >= 15 is 0 Å². The Morgan fingerprint density at radius 3 is 2.43 bits per heavy atom. The van der Waals surface area contributed by atoms with E-state index in [1.807, 2.05) is 13.8 Å². The first kappa shape index (κ1) is 28.4. The summed E-state index contributed by atoms with van der Waals surface area (Å²) in [6.07, 6.45) is -2.50. The van der Waals surface area contributed by atoms with Gasteiger partial charge in [0, 0.05) is 36.1 Å². The summed E-state index contributed by atoms with van der Waals surface area (Å²) in [5, 5.41) is 5.22. The SMILES string of the molecule is Cc1cc(F)ccc1Cc1cc(C(F)(F)F)c(Cl)cc1C(=O)Nc1ccn(CCCNC(C)C)c(=O)c1. The molecule has 0 saturated heterocycles. The normalized spacial score (nSPS) is 11.7. The molecule has 0 bridgehead atoms. The smallest absolute Gasteiger partial charge is 0.322 e. The van der Waals surface area contributed by atoms with Crippen LogP contribution in [-0.4, -0.2) is 23.1 Å². The molecule has 0 aliphatic rings. The summed E-state index contributed by atoms with van der Waals surface area (Å²) in [7, 11) is 0. The van der Waals surface area contributed by atoms with Crippen molar-refractivity contribution >= 4 is 23.2 Å². The first-order valence-electron chi connectivity index (χ1n) is 11.7. The monoisotopic (exact) mass is 537 g/mol. The standard InChI is InChI=1S/C27H28ClF4N3O2/c1-16(2)33-8-4-9-35-10-7-21(14-25(35)36)34-26(37)22-15-24(28)23(27(30,31)32)13-19(22)12-18-5-6-20(29)11-17(18)3/h5-7,10-11,13-16,33H,4,8-9,12H2,1-3H3,(H,34,37). The van der Waals surface area contributed by atoms with E-state index in [-0.39, 0.29) is 28.8 Å². The summed E-state index contributed by atoms with van der Waals surface area (Å²) in [4.78, 5) is 25.6. The Morgan fingerprint density at radius 1 is 1.08 bits per heavy atom. The molecule has 1 amide bonds. The van der Waals surface area contributed by atoms with E-state index < -0.39 is 28.5 Å². The summed E-state index contributed by atoms with van der Waals surface area (Å²) in [5.74, 6) is -1.19. The van der Waals surface area contributed by atoms with Crippen LogP contribution >= 0.6 is 11.6 Å². The summed E-state index contributed by atoms with van der Waals surface area (Å²) < 4.78 is 55.6. The Morgan fingerprint density at radius 2 is 1.81 bits per heavy atom. The fourth-order valence-corrected chi connectivity index (χ4v) is 4.14. The first-order valence-corrected chi connectivity index (χ1v) is 12.1. The van der Waals surface area contributed by atoms with Crippen molar-refractivity contribution in [2.75, 3.05) is 11.9 Å². The lowest BCUT2D eigenvalue weighted by atomic mass is 9.94. The number of rotatable bonds is 9. The Bertz CT molecular complexity index is 1340. The molecular formula is C27H28ClF4N3O2. The lowest BCUT2D eigenvalue weighted by molar-refractivity contribution is -0.137. The average Bonchev–Trinajstić information content (AvgIpc) is 2.79. The van der Waals surface area contributed by atoms with Crippen molar-refractivity contribution in [3.05, 3.63) is 97.7 Å². The molecule has 198 valence electrons. The first-order chi connectivity index (χ1) is 17.3. The summed E-state index contributed by atoms with van der Waals surface area (Å²) in [5.41, 5.74) is -0.125. The Labute approximate surface area is 217 Å². The molecule has 1 aromatic heterocycles. The molecule has 0 fully saturated rings. The predicted molar refractivity (Wildman–Crippen MR) is 137 cm³/mol. The zero-order valence-electron chi connectivity index (χ0n) is 20.7. The quantitative estimate of drug-likeness (QED) is 0.252. The molecule has 3 rings (SSSR count). The van der Waals surface area contributed by atoms with Crippen LogP contribution < -0.4 is 16.2 Å². The molecule has 0 aliphatic carbocycles. The maximum absolute atomic E-state index is 13.5. The molecule has 0 unspecified atom stereocenters. The molecule has 1 heterocycles. The van der Waals surface area contributed by atoms with Crippen LogP contribution in [0, 0.1) is 12.7 Å².